The van der Waals surface area contributed by atoms with Gasteiger partial charge in [0.1, 0.15) is 11.4 Å². The highest BCUT2D eigenvalue weighted by molar-refractivity contribution is 5.94. The molecule has 0 unspecified atom stereocenters. The Balaban J connectivity index is 1.67. The van der Waals surface area contributed by atoms with Gasteiger partial charge in [-0.3, -0.25) is 9.89 Å². The summed E-state index contributed by atoms with van der Waals surface area (Å²) < 4.78 is 5.20. The molecule has 1 amide bonds. The number of aromatic hydroxyl groups is 1. The monoisotopic (exact) mass is 296 g/mol. The van der Waals surface area contributed by atoms with Crippen LogP contribution in [0, 0.1) is 0 Å². The molecular weight excluding hydrogens is 284 g/mol. The van der Waals surface area contributed by atoms with E-state index in [1.165, 1.54) is 18.5 Å². The minimum Gasteiger partial charge on any atom is -0.507 e. The molecule has 0 atom stereocenters. The van der Waals surface area contributed by atoms with Crippen LogP contribution in [0.25, 0.3) is 11.5 Å². The number of aromatic nitrogens is 2. The molecule has 2 heterocycles. The van der Waals surface area contributed by atoms with Crippen molar-refractivity contribution in [3.05, 3.63) is 60.0 Å². The van der Waals surface area contributed by atoms with E-state index in [4.69, 9.17) is 4.42 Å². The van der Waals surface area contributed by atoms with Gasteiger partial charge >= 0.3 is 0 Å². The molecule has 0 aliphatic carbocycles. The first-order valence-corrected chi connectivity index (χ1v) is 6.45. The minimum atomic E-state index is -0.472. The van der Waals surface area contributed by atoms with E-state index in [0.717, 1.165) is 0 Å². The lowest BCUT2D eigenvalue weighted by Gasteiger charge is -1.97. The number of hydrazone groups is 1. The highest BCUT2D eigenvalue weighted by Crippen LogP contribution is 2.17. The number of nitrogens with one attached hydrogen (secondary N) is 2. The molecule has 0 saturated carbocycles. The molecule has 1 aromatic carbocycles. The van der Waals surface area contributed by atoms with Gasteiger partial charge < -0.3 is 9.52 Å². The van der Waals surface area contributed by atoms with Crippen molar-refractivity contribution in [2.75, 3.05) is 0 Å². The first-order chi connectivity index (χ1) is 10.7. The zero-order valence-electron chi connectivity index (χ0n) is 11.4. The van der Waals surface area contributed by atoms with Gasteiger partial charge in [-0.15, -0.1) is 0 Å². The van der Waals surface area contributed by atoms with Crippen LogP contribution in [-0.2, 0) is 0 Å². The van der Waals surface area contributed by atoms with Gasteiger partial charge in [0, 0.05) is 11.6 Å². The zero-order valence-corrected chi connectivity index (χ0v) is 11.4. The third kappa shape index (κ3) is 2.88. The van der Waals surface area contributed by atoms with Crippen LogP contribution in [0.15, 0.2) is 58.2 Å². The van der Waals surface area contributed by atoms with E-state index in [-0.39, 0.29) is 11.4 Å². The lowest BCUT2D eigenvalue weighted by molar-refractivity contribution is 0.0950. The Morgan fingerprint density at radius 1 is 1.32 bits per heavy atom. The minimum absolute atomic E-state index is 0.0837. The number of carbonyl (C=O) groups excluding carboxylic acids is 1. The van der Waals surface area contributed by atoms with E-state index in [2.05, 4.69) is 20.7 Å². The molecule has 3 rings (SSSR count). The maximum absolute atomic E-state index is 11.9. The number of H-pyrrole nitrogens is 1. The van der Waals surface area contributed by atoms with Gasteiger partial charge in [-0.1, -0.05) is 12.1 Å². The fourth-order valence-electron chi connectivity index (χ4n) is 1.81. The maximum atomic E-state index is 11.9. The SMILES string of the molecule is O=C(NN=Cc1ccccc1O)c1cc(-c2ccco2)[nH]n1. The van der Waals surface area contributed by atoms with Crippen molar-refractivity contribution in [1.29, 1.82) is 0 Å². The van der Waals surface area contributed by atoms with Crippen molar-refractivity contribution in [2.24, 2.45) is 5.10 Å². The lowest BCUT2D eigenvalue weighted by Crippen LogP contribution is -2.18. The normalized spacial score (nSPS) is 10.9. The van der Waals surface area contributed by atoms with Gasteiger partial charge in [-0.2, -0.15) is 10.2 Å². The summed E-state index contributed by atoms with van der Waals surface area (Å²) in [7, 11) is 0. The first-order valence-electron chi connectivity index (χ1n) is 6.45. The number of amides is 1. The first kappa shape index (κ1) is 13.6. The number of carbonyl (C=O) groups is 1. The van der Waals surface area contributed by atoms with Crippen LogP contribution in [0.3, 0.4) is 0 Å². The van der Waals surface area contributed by atoms with Crippen molar-refractivity contribution in [1.82, 2.24) is 15.6 Å². The summed E-state index contributed by atoms with van der Waals surface area (Å²) in [6.45, 7) is 0. The molecule has 0 aliphatic rings. The Morgan fingerprint density at radius 3 is 2.95 bits per heavy atom. The van der Waals surface area contributed by atoms with Gasteiger partial charge in [-0.25, -0.2) is 5.43 Å². The van der Waals surface area contributed by atoms with Crippen LogP contribution in [0.4, 0.5) is 0 Å². The Hall–Kier alpha value is -3.35. The van der Waals surface area contributed by atoms with Gasteiger partial charge in [0.2, 0.25) is 0 Å². The van der Waals surface area contributed by atoms with E-state index in [0.29, 0.717) is 17.0 Å². The van der Waals surface area contributed by atoms with Crippen molar-refractivity contribution in [3.63, 3.8) is 0 Å². The van der Waals surface area contributed by atoms with Gasteiger partial charge in [0.05, 0.1) is 12.5 Å². The molecule has 3 aromatic rings. The molecule has 0 radical (unpaired) electrons. The van der Waals surface area contributed by atoms with Gasteiger partial charge in [0.15, 0.2) is 11.5 Å². The Labute approximate surface area is 125 Å². The molecule has 0 aliphatic heterocycles. The second-order valence-corrected chi connectivity index (χ2v) is 4.40. The highest BCUT2D eigenvalue weighted by atomic mass is 16.3. The summed E-state index contributed by atoms with van der Waals surface area (Å²) in [5.41, 5.74) is 3.62. The van der Waals surface area contributed by atoms with Crippen molar-refractivity contribution in [2.45, 2.75) is 0 Å². The van der Waals surface area contributed by atoms with Crippen LogP contribution >= 0.6 is 0 Å². The topological polar surface area (TPSA) is 104 Å². The van der Waals surface area contributed by atoms with E-state index in [9.17, 15) is 9.90 Å². The van der Waals surface area contributed by atoms with Crippen LogP contribution < -0.4 is 5.43 Å². The standard InChI is InChI=1S/C15H12N4O3/c20-13-5-2-1-4-10(13)9-16-19-15(21)12-8-11(17-18-12)14-6-3-7-22-14/h1-9,20H,(H,17,18)(H,19,21). The number of phenols is 1. The summed E-state index contributed by atoms with van der Waals surface area (Å²) in [6, 6.07) is 11.7. The van der Waals surface area contributed by atoms with Crippen molar-refractivity contribution in [3.8, 4) is 17.2 Å². The molecule has 2 aromatic heterocycles. The fourth-order valence-corrected chi connectivity index (χ4v) is 1.81. The molecule has 110 valence electrons. The molecule has 0 spiro atoms. The van der Waals surface area contributed by atoms with E-state index in [1.807, 2.05) is 0 Å². The number of para-hydroxylation sites is 1. The van der Waals surface area contributed by atoms with Gasteiger partial charge in [-0.05, 0) is 24.3 Å². The van der Waals surface area contributed by atoms with E-state index < -0.39 is 5.91 Å². The molecule has 0 bridgehead atoms. The molecule has 7 nitrogen and oxygen atoms in total. The van der Waals surface area contributed by atoms with Crippen LogP contribution in [0.1, 0.15) is 16.1 Å². The van der Waals surface area contributed by atoms with Crippen LogP contribution in [-0.4, -0.2) is 27.4 Å². The van der Waals surface area contributed by atoms with Crippen LogP contribution in [0.5, 0.6) is 5.75 Å². The Morgan fingerprint density at radius 2 is 2.18 bits per heavy atom. The predicted molar refractivity (Wildman–Crippen MR) is 79.5 cm³/mol. The Kier molecular flexibility index (Phi) is 3.69. The molecule has 22 heavy (non-hydrogen) atoms. The number of hydrogen-bond acceptors (Lipinski definition) is 5. The number of phenolic OH excluding ortho intramolecular Hbond substituents is 1. The lowest BCUT2D eigenvalue weighted by atomic mass is 10.2. The molecule has 0 saturated heterocycles. The Bertz CT molecular complexity index is 806. The number of nitrogens with zero attached hydrogens (tertiary/aromatic N) is 2. The summed E-state index contributed by atoms with van der Waals surface area (Å²) in [6.07, 6.45) is 2.89. The third-order valence-electron chi connectivity index (χ3n) is 2.90. The molecule has 3 N–H and O–H groups in total. The highest BCUT2D eigenvalue weighted by Gasteiger charge is 2.11. The van der Waals surface area contributed by atoms with Crippen molar-refractivity contribution >= 4 is 12.1 Å². The maximum Gasteiger partial charge on any atom is 0.291 e. The fraction of sp³-hybridized carbons (Fsp3) is 0. The van der Waals surface area contributed by atoms with E-state index >= 15 is 0 Å². The third-order valence-corrected chi connectivity index (χ3v) is 2.90. The summed E-state index contributed by atoms with van der Waals surface area (Å²) in [5, 5.41) is 20.0. The van der Waals surface area contributed by atoms with Crippen molar-refractivity contribution < 1.29 is 14.3 Å². The number of benzene rings is 1. The number of hydrogen-bond donors (Lipinski definition) is 3. The second kappa shape index (κ2) is 5.96. The number of rotatable bonds is 4. The summed E-state index contributed by atoms with van der Waals surface area (Å²) >= 11 is 0. The number of aromatic amines is 1. The average molecular weight is 296 g/mol. The molecule has 0 fully saturated rings. The summed E-state index contributed by atoms with van der Waals surface area (Å²) in [5.74, 6) is 0.199. The van der Waals surface area contributed by atoms with Gasteiger partial charge in [0.25, 0.3) is 5.91 Å². The second-order valence-electron chi connectivity index (χ2n) is 4.40. The predicted octanol–water partition coefficient (Wildman–Crippen LogP) is 2.14. The quantitative estimate of drug-likeness (QED) is 0.507. The molecule has 7 heteroatoms. The zero-order chi connectivity index (χ0) is 15.4. The largest absolute Gasteiger partial charge is 0.507 e. The number of furan rings is 1. The van der Waals surface area contributed by atoms with Crippen LogP contribution in [0.2, 0.25) is 0 Å². The smallest absolute Gasteiger partial charge is 0.291 e. The summed E-state index contributed by atoms with van der Waals surface area (Å²) in [4.78, 5) is 11.9. The van der Waals surface area contributed by atoms with E-state index in [1.54, 1.807) is 36.4 Å². The average Bonchev–Trinajstić information content (AvgIpc) is 3.20. The molecular formula is C15H12N4O3.